The van der Waals surface area contributed by atoms with Crippen molar-refractivity contribution in [3.63, 3.8) is 0 Å². The van der Waals surface area contributed by atoms with Gasteiger partial charge in [0.2, 0.25) is 0 Å². The number of aliphatic hydroxyl groups excluding tert-OH is 1. The highest BCUT2D eigenvalue weighted by molar-refractivity contribution is 6.02. The fourth-order valence-corrected chi connectivity index (χ4v) is 2.83. The molecule has 0 fully saturated rings. The Morgan fingerprint density at radius 3 is 2.50 bits per heavy atom. The number of nitrogens with one attached hydrogen (secondary N) is 2. The van der Waals surface area contributed by atoms with Gasteiger partial charge in [0, 0.05) is 5.69 Å². The Balaban J connectivity index is 1.69. The van der Waals surface area contributed by atoms with Gasteiger partial charge < -0.3 is 15.7 Å². The molecule has 1 amide bonds. The molecule has 2 aromatic rings. The largest absolute Gasteiger partial charge is 0.388 e. The van der Waals surface area contributed by atoms with Crippen molar-refractivity contribution < 1.29 is 9.90 Å². The molecule has 3 N–H and O–H groups in total. The monoisotopic (exact) mass is 296 g/mol. The molecule has 1 heterocycles. The predicted octanol–water partition coefficient (Wildman–Crippen LogP) is 3.07. The maximum atomic E-state index is 12.2. The van der Waals surface area contributed by atoms with Crippen molar-refractivity contribution in [2.24, 2.45) is 0 Å². The summed E-state index contributed by atoms with van der Waals surface area (Å²) in [5.74, 6) is -0.0777. The molecule has 3 rings (SSSR count). The molecule has 114 valence electrons. The lowest BCUT2D eigenvalue weighted by atomic mass is 9.95. The van der Waals surface area contributed by atoms with Crippen LogP contribution in [0, 0.1) is 0 Å². The van der Waals surface area contributed by atoms with Crippen LogP contribution in [0.3, 0.4) is 0 Å². The van der Waals surface area contributed by atoms with Gasteiger partial charge in [0.1, 0.15) is 5.66 Å². The van der Waals surface area contributed by atoms with Gasteiger partial charge in [-0.1, -0.05) is 42.5 Å². The van der Waals surface area contributed by atoms with Crippen molar-refractivity contribution >= 4 is 11.6 Å². The Hall–Kier alpha value is -2.33. The molecule has 0 saturated heterocycles. The van der Waals surface area contributed by atoms with Crippen LogP contribution in [0.4, 0.5) is 5.69 Å². The molecule has 0 bridgehead atoms. The second-order valence-electron chi connectivity index (χ2n) is 5.92. The summed E-state index contributed by atoms with van der Waals surface area (Å²) in [5, 5.41) is 16.6. The van der Waals surface area contributed by atoms with Crippen LogP contribution in [0.5, 0.6) is 0 Å². The molecule has 4 heteroatoms. The number of rotatable bonds is 4. The van der Waals surface area contributed by atoms with E-state index < -0.39 is 11.8 Å². The summed E-state index contributed by atoms with van der Waals surface area (Å²) < 4.78 is 0. The topological polar surface area (TPSA) is 61.4 Å². The van der Waals surface area contributed by atoms with Crippen molar-refractivity contribution in [3.8, 4) is 0 Å². The van der Waals surface area contributed by atoms with E-state index in [0.29, 0.717) is 18.4 Å². The third kappa shape index (κ3) is 2.97. The molecular formula is C18H20N2O2. The number of anilines is 1. The summed E-state index contributed by atoms with van der Waals surface area (Å²) in [5.41, 5.74) is 1.83. The second-order valence-corrected chi connectivity index (χ2v) is 5.92. The van der Waals surface area contributed by atoms with Crippen molar-refractivity contribution in [3.05, 3.63) is 65.7 Å². The molecule has 2 unspecified atom stereocenters. The first-order chi connectivity index (χ1) is 10.6. The fourth-order valence-electron chi connectivity index (χ4n) is 2.83. The predicted molar refractivity (Wildman–Crippen MR) is 86.6 cm³/mol. The molecule has 4 nitrogen and oxygen atoms in total. The summed E-state index contributed by atoms with van der Waals surface area (Å²) >= 11 is 0. The number of benzene rings is 2. The highest BCUT2D eigenvalue weighted by Crippen LogP contribution is 2.29. The highest BCUT2D eigenvalue weighted by atomic mass is 16.3. The van der Waals surface area contributed by atoms with Crippen LogP contribution < -0.4 is 10.6 Å². The number of fused-ring (bicyclic) bond motifs is 1. The smallest absolute Gasteiger partial charge is 0.255 e. The van der Waals surface area contributed by atoms with Crippen LogP contribution in [-0.2, 0) is 0 Å². The number of carbonyl (C=O) groups excluding carboxylic acids is 1. The first-order valence-electron chi connectivity index (χ1n) is 7.50. The number of hydrogen-bond acceptors (Lipinski definition) is 3. The minimum absolute atomic E-state index is 0.0777. The highest BCUT2D eigenvalue weighted by Gasteiger charge is 2.33. The molecule has 1 aliphatic rings. The van der Waals surface area contributed by atoms with E-state index in [-0.39, 0.29) is 5.91 Å². The van der Waals surface area contributed by atoms with E-state index >= 15 is 0 Å². The molecular weight excluding hydrogens is 276 g/mol. The zero-order chi connectivity index (χ0) is 15.6. The molecule has 0 spiro atoms. The summed E-state index contributed by atoms with van der Waals surface area (Å²) in [6, 6.07) is 17.0. The van der Waals surface area contributed by atoms with Gasteiger partial charge in [-0.3, -0.25) is 4.79 Å². The number of para-hydroxylation sites is 1. The summed E-state index contributed by atoms with van der Waals surface area (Å²) in [7, 11) is 0. The van der Waals surface area contributed by atoms with Crippen molar-refractivity contribution in [1.82, 2.24) is 5.32 Å². The van der Waals surface area contributed by atoms with Crippen molar-refractivity contribution in [1.29, 1.82) is 0 Å². The fraction of sp³-hybridized carbons (Fsp3) is 0.278. The number of aliphatic hydroxyl groups is 1. The molecule has 22 heavy (non-hydrogen) atoms. The van der Waals surface area contributed by atoms with Gasteiger partial charge in [0.05, 0.1) is 11.7 Å². The third-order valence-corrected chi connectivity index (χ3v) is 4.07. The SMILES string of the molecule is CC1(CCC(O)c2ccccc2)NC(=O)c2ccccc2N1. The van der Waals surface area contributed by atoms with Crippen LogP contribution >= 0.6 is 0 Å². The molecule has 0 saturated carbocycles. The first-order valence-corrected chi connectivity index (χ1v) is 7.50. The molecule has 2 aromatic carbocycles. The van der Waals surface area contributed by atoms with Gasteiger partial charge in [-0.05, 0) is 37.5 Å². The van der Waals surface area contributed by atoms with Gasteiger partial charge in [0.25, 0.3) is 5.91 Å². The number of hydrogen-bond donors (Lipinski definition) is 3. The van der Waals surface area contributed by atoms with E-state index in [2.05, 4.69) is 10.6 Å². The Morgan fingerprint density at radius 2 is 1.73 bits per heavy atom. The van der Waals surface area contributed by atoms with Crippen LogP contribution in [0.25, 0.3) is 0 Å². The second kappa shape index (κ2) is 5.81. The van der Waals surface area contributed by atoms with Gasteiger partial charge in [0.15, 0.2) is 0 Å². The van der Waals surface area contributed by atoms with E-state index in [1.807, 2.05) is 55.5 Å². The van der Waals surface area contributed by atoms with Crippen LogP contribution in [0.15, 0.2) is 54.6 Å². The van der Waals surface area contributed by atoms with Gasteiger partial charge in [-0.25, -0.2) is 0 Å². The summed E-state index contributed by atoms with van der Waals surface area (Å²) in [6.07, 6.45) is 0.660. The lowest BCUT2D eigenvalue weighted by Crippen LogP contribution is -2.55. The number of carbonyl (C=O) groups is 1. The van der Waals surface area contributed by atoms with Crippen LogP contribution in [0.2, 0.25) is 0 Å². The van der Waals surface area contributed by atoms with Gasteiger partial charge in [-0.2, -0.15) is 0 Å². The molecule has 2 atom stereocenters. The molecule has 0 aliphatic carbocycles. The molecule has 0 radical (unpaired) electrons. The standard InChI is InChI=1S/C18H20N2O2/c1-18(12-11-16(21)13-7-3-2-4-8-13)19-15-10-6-5-9-14(15)17(22)20-18/h2-10,16,19,21H,11-12H2,1H3,(H,20,22). The van der Waals surface area contributed by atoms with Gasteiger partial charge in [-0.15, -0.1) is 0 Å². The quantitative estimate of drug-likeness (QED) is 0.812. The van der Waals surface area contributed by atoms with Crippen molar-refractivity contribution in [2.45, 2.75) is 31.5 Å². The lowest BCUT2D eigenvalue weighted by Gasteiger charge is -2.38. The molecule has 0 aromatic heterocycles. The third-order valence-electron chi connectivity index (χ3n) is 4.07. The van der Waals surface area contributed by atoms with E-state index in [4.69, 9.17) is 0 Å². The average Bonchev–Trinajstić information content (AvgIpc) is 2.53. The average molecular weight is 296 g/mol. The maximum Gasteiger partial charge on any atom is 0.255 e. The Bertz CT molecular complexity index is 672. The maximum absolute atomic E-state index is 12.2. The summed E-state index contributed by atoms with van der Waals surface area (Å²) in [6.45, 7) is 1.94. The lowest BCUT2D eigenvalue weighted by molar-refractivity contribution is 0.0885. The molecule has 1 aliphatic heterocycles. The van der Waals surface area contributed by atoms with E-state index in [9.17, 15) is 9.90 Å². The minimum atomic E-state index is -0.554. The van der Waals surface area contributed by atoms with E-state index in [0.717, 1.165) is 11.3 Å². The Kier molecular flexibility index (Phi) is 3.86. The summed E-state index contributed by atoms with van der Waals surface area (Å²) in [4.78, 5) is 12.2. The zero-order valence-corrected chi connectivity index (χ0v) is 12.5. The van der Waals surface area contributed by atoms with Gasteiger partial charge >= 0.3 is 0 Å². The minimum Gasteiger partial charge on any atom is -0.388 e. The Morgan fingerprint density at radius 1 is 1.05 bits per heavy atom. The van der Waals surface area contributed by atoms with Crippen LogP contribution in [0.1, 0.15) is 41.8 Å². The van der Waals surface area contributed by atoms with Crippen molar-refractivity contribution in [2.75, 3.05) is 5.32 Å². The normalized spacial score (nSPS) is 21.5. The zero-order valence-electron chi connectivity index (χ0n) is 12.5. The van der Waals surface area contributed by atoms with Crippen LogP contribution in [-0.4, -0.2) is 16.7 Å². The Labute approximate surface area is 130 Å². The first kappa shape index (κ1) is 14.6. The van der Waals surface area contributed by atoms with E-state index in [1.165, 1.54) is 0 Å². The van der Waals surface area contributed by atoms with E-state index in [1.54, 1.807) is 6.07 Å². The number of amides is 1.